The van der Waals surface area contributed by atoms with Crippen molar-refractivity contribution in [1.82, 2.24) is 29.0 Å². The standard InChI is InChI=1S/C20H24N6O4S/c1-24-13-19(21-14-24)31(28,29)26-8-4-7-25(9-10-26)20(27)18-12-17(22-23-18)15-5-3-6-16(11-15)30-2/h3,5-6,11-14H,4,7-10H2,1-2H3,(H,22,23). The fourth-order valence-corrected chi connectivity index (χ4v) is 4.96. The van der Waals surface area contributed by atoms with Crippen LogP contribution in [0, 0.1) is 0 Å². The van der Waals surface area contributed by atoms with Crippen LogP contribution in [0.15, 0.2) is 47.9 Å². The number of carbonyl (C=O) groups is 1. The minimum absolute atomic E-state index is 0.0197. The largest absolute Gasteiger partial charge is 0.497 e. The summed E-state index contributed by atoms with van der Waals surface area (Å²) in [6.07, 6.45) is 3.47. The molecule has 10 nitrogen and oxygen atoms in total. The van der Waals surface area contributed by atoms with Gasteiger partial charge in [0, 0.05) is 45.0 Å². The molecule has 1 amide bonds. The van der Waals surface area contributed by atoms with Crippen molar-refractivity contribution in [1.29, 1.82) is 0 Å². The van der Waals surface area contributed by atoms with Gasteiger partial charge in [0.05, 0.1) is 19.1 Å². The second-order valence-electron chi connectivity index (χ2n) is 7.33. The first-order valence-corrected chi connectivity index (χ1v) is 11.3. The van der Waals surface area contributed by atoms with Gasteiger partial charge in [-0.1, -0.05) is 12.1 Å². The number of nitrogens with zero attached hydrogens (tertiary/aromatic N) is 5. The fraction of sp³-hybridized carbons (Fsp3) is 0.350. The number of H-pyrrole nitrogens is 1. The van der Waals surface area contributed by atoms with Gasteiger partial charge in [-0.15, -0.1) is 0 Å². The zero-order valence-corrected chi connectivity index (χ0v) is 18.2. The van der Waals surface area contributed by atoms with E-state index in [9.17, 15) is 13.2 Å². The molecule has 2 aromatic heterocycles. The Bertz CT molecular complexity index is 1190. The zero-order chi connectivity index (χ0) is 22.0. The predicted octanol–water partition coefficient (Wildman–Crippen LogP) is 1.36. The van der Waals surface area contributed by atoms with Crippen LogP contribution in [0.3, 0.4) is 0 Å². The highest BCUT2D eigenvalue weighted by atomic mass is 32.2. The molecule has 4 rings (SSSR count). The SMILES string of the molecule is COc1cccc(-c2cc(C(=O)N3CCCN(S(=O)(=O)c4cn(C)cn4)CC3)[nH]n2)c1. The number of carbonyl (C=O) groups excluding carboxylic acids is 1. The lowest BCUT2D eigenvalue weighted by Gasteiger charge is -2.20. The van der Waals surface area contributed by atoms with Crippen LogP contribution in [0.4, 0.5) is 0 Å². The van der Waals surface area contributed by atoms with Gasteiger partial charge in [-0.25, -0.2) is 13.4 Å². The summed E-state index contributed by atoms with van der Waals surface area (Å²) in [5.41, 5.74) is 1.83. The summed E-state index contributed by atoms with van der Waals surface area (Å²) in [7, 11) is -0.372. The first-order chi connectivity index (χ1) is 14.9. The summed E-state index contributed by atoms with van der Waals surface area (Å²) in [5.74, 6) is 0.494. The first kappa shape index (κ1) is 21.1. The van der Waals surface area contributed by atoms with Gasteiger partial charge in [-0.3, -0.25) is 9.89 Å². The van der Waals surface area contributed by atoms with E-state index in [0.29, 0.717) is 43.2 Å². The van der Waals surface area contributed by atoms with Crippen LogP contribution in [0.25, 0.3) is 11.3 Å². The number of hydrogen-bond donors (Lipinski definition) is 1. The van der Waals surface area contributed by atoms with Crippen LogP contribution >= 0.6 is 0 Å². The van der Waals surface area contributed by atoms with E-state index < -0.39 is 10.0 Å². The minimum Gasteiger partial charge on any atom is -0.497 e. The molecule has 1 aromatic carbocycles. The maximum Gasteiger partial charge on any atom is 0.271 e. The summed E-state index contributed by atoms with van der Waals surface area (Å²) >= 11 is 0. The minimum atomic E-state index is -3.69. The van der Waals surface area contributed by atoms with Crippen molar-refractivity contribution >= 4 is 15.9 Å². The predicted molar refractivity (Wildman–Crippen MR) is 113 cm³/mol. The lowest BCUT2D eigenvalue weighted by molar-refractivity contribution is 0.0758. The van der Waals surface area contributed by atoms with Gasteiger partial charge in [0.2, 0.25) is 0 Å². The van der Waals surface area contributed by atoms with Crippen molar-refractivity contribution in [3.63, 3.8) is 0 Å². The molecule has 1 aliphatic heterocycles. The average molecular weight is 445 g/mol. The Labute approximate surface area is 180 Å². The number of amides is 1. The Balaban J connectivity index is 1.46. The van der Waals surface area contributed by atoms with E-state index in [1.165, 1.54) is 16.8 Å². The van der Waals surface area contributed by atoms with Crippen molar-refractivity contribution in [3.05, 3.63) is 48.5 Å². The van der Waals surface area contributed by atoms with E-state index in [1.807, 2.05) is 24.3 Å². The molecule has 31 heavy (non-hydrogen) atoms. The lowest BCUT2D eigenvalue weighted by Crippen LogP contribution is -2.37. The molecule has 11 heteroatoms. The summed E-state index contributed by atoms with van der Waals surface area (Å²) in [4.78, 5) is 18.6. The van der Waals surface area contributed by atoms with Crippen molar-refractivity contribution < 1.29 is 17.9 Å². The molecule has 0 bridgehead atoms. The number of methoxy groups -OCH3 is 1. The number of aromatic nitrogens is 4. The monoisotopic (exact) mass is 444 g/mol. The van der Waals surface area contributed by atoms with E-state index in [-0.39, 0.29) is 17.5 Å². The molecule has 0 spiro atoms. The molecular formula is C20H24N6O4S. The Morgan fingerprint density at radius 1 is 1.16 bits per heavy atom. The Morgan fingerprint density at radius 2 is 2.00 bits per heavy atom. The van der Waals surface area contributed by atoms with E-state index in [0.717, 1.165) is 5.56 Å². The number of imidazole rings is 1. The Hall–Kier alpha value is -3.18. The number of sulfonamides is 1. The molecular weight excluding hydrogens is 420 g/mol. The smallest absolute Gasteiger partial charge is 0.271 e. The Morgan fingerprint density at radius 3 is 2.74 bits per heavy atom. The third kappa shape index (κ3) is 4.32. The second-order valence-corrected chi connectivity index (χ2v) is 9.21. The van der Waals surface area contributed by atoms with Gasteiger partial charge in [0.15, 0.2) is 5.03 Å². The van der Waals surface area contributed by atoms with Gasteiger partial charge in [-0.2, -0.15) is 9.40 Å². The van der Waals surface area contributed by atoms with Gasteiger partial charge in [-0.05, 0) is 24.6 Å². The van der Waals surface area contributed by atoms with E-state index in [2.05, 4.69) is 15.2 Å². The molecule has 1 fully saturated rings. The van der Waals surface area contributed by atoms with Gasteiger partial charge in [0.25, 0.3) is 15.9 Å². The van der Waals surface area contributed by atoms with Crippen molar-refractivity contribution in [2.45, 2.75) is 11.4 Å². The number of rotatable bonds is 5. The molecule has 0 unspecified atom stereocenters. The van der Waals surface area contributed by atoms with Crippen molar-refractivity contribution in [2.75, 3.05) is 33.3 Å². The van der Waals surface area contributed by atoms with Crippen molar-refractivity contribution in [2.24, 2.45) is 7.05 Å². The molecule has 164 valence electrons. The number of nitrogens with one attached hydrogen (secondary N) is 1. The number of aryl methyl sites for hydroxylation is 1. The number of aromatic amines is 1. The van der Waals surface area contributed by atoms with E-state index in [1.54, 1.807) is 29.7 Å². The van der Waals surface area contributed by atoms with Gasteiger partial charge >= 0.3 is 0 Å². The average Bonchev–Trinajstić information content (AvgIpc) is 3.37. The van der Waals surface area contributed by atoms with E-state index >= 15 is 0 Å². The number of benzene rings is 1. The molecule has 3 heterocycles. The van der Waals surface area contributed by atoms with Crippen LogP contribution in [0.5, 0.6) is 5.75 Å². The summed E-state index contributed by atoms with van der Waals surface area (Å²) in [6, 6.07) is 9.13. The molecule has 0 radical (unpaired) electrons. The highest BCUT2D eigenvalue weighted by Crippen LogP contribution is 2.23. The quantitative estimate of drug-likeness (QED) is 0.636. The zero-order valence-electron chi connectivity index (χ0n) is 17.4. The van der Waals surface area contributed by atoms with E-state index in [4.69, 9.17) is 4.74 Å². The lowest BCUT2D eigenvalue weighted by atomic mass is 10.1. The highest BCUT2D eigenvalue weighted by molar-refractivity contribution is 7.89. The molecule has 1 aliphatic rings. The maximum absolute atomic E-state index is 13.0. The first-order valence-electron chi connectivity index (χ1n) is 9.86. The molecule has 1 N–H and O–H groups in total. The van der Waals surface area contributed by atoms with Crippen LogP contribution in [-0.2, 0) is 17.1 Å². The molecule has 0 saturated carbocycles. The van der Waals surface area contributed by atoms with Crippen LogP contribution in [0.1, 0.15) is 16.9 Å². The second kappa shape index (κ2) is 8.52. The van der Waals surface area contributed by atoms with Gasteiger partial charge < -0.3 is 14.2 Å². The molecule has 3 aromatic rings. The van der Waals surface area contributed by atoms with Crippen LogP contribution in [0.2, 0.25) is 0 Å². The molecule has 0 aliphatic carbocycles. The molecule has 1 saturated heterocycles. The maximum atomic E-state index is 13.0. The fourth-order valence-electron chi connectivity index (χ4n) is 3.52. The topological polar surface area (TPSA) is 113 Å². The molecule has 0 atom stereocenters. The summed E-state index contributed by atoms with van der Waals surface area (Å²) < 4.78 is 33.9. The highest BCUT2D eigenvalue weighted by Gasteiger charge is 2.30. The normalized spacial score (nSPS) is 15.6. The van der Waals surface area contributed by atoms with Crippen LogP contribution in [-0.4, -0.2) is 76.6 Å². The third-order valence-corrected chi connectivity index (χ3v) is 6.99. The summed E-state index contributed by atoms with van der Waals surface area (Å²) in [5, 5.41) is 7.07. The number of ether oxygens (including phenoxy) is 1. The Kier molecular flexibility index (Phi) is 5.79. The summed E-state index contributed by atoms with van der Waals surface area (Å²) in [6.45, 7) is 1.29. The van der Waals surface area contributed by atoms with Crippen LogP contribution < -0.4 is 4.74 Å². The number of hydrogen-bond acceptors (Lipinski definition) is 6. The third-order valence-electron chi connectivity index (χ3n) is 5.20. The van der Waals surface area contributed by atoms with Crippen molar-refractivity contribution in [3.8, 4) is 17.0 Å². The van der Waals surface area contributed by atoms with Gasteiger partial charge in [0.1, 0.15) is 11.4 Å².